The molecule has 0 aliphatic heterocycles. The Hall–Kier alpha value is -2.08. The van der Waals surface area contributed by atoms with Gasteiger partial charge in [-0.2, -0.15) is 0 Å². The Balaban J connectivity index is 2.24. The molecule has 0 radical (unpaired) electrons. The first-order chi connectivity index (χ1) is 10.0. The molecule has 0 saturated carbocycles. The molecule has 0 heterocycles. The Morgan fingerprint density at radius 1 is 1.29 bits per heavy atom. The van der Waals surface area contributed by atoms with Gasteiger partial charge in [0.1, 0.15) is 12.6 Å². The van der Waals surface area contributed by atoms with Crippen molar-refractivity contribution in [2.45, 2.75) is 25.5 Å². The van der Waals surface area contributed by atoms with Crippen molar-refractivity contribution in [3.05, 3.63) is 35.9 Å². The van der Waals surface area contributed by atoms with E-state index in [-0.39, 0.29) is 6.61 Å². The number of nitrogens with two attached hydrogens (primary N) is 1. The van der Waals surface area contributed by atoms with Crippen molar-refractivity contribution in [2.75, 3.05) is 20.7 Å². The zero-order valence-corrected chi connectivity index (χ0v) is 12.5. The molecule has 0 aliphatic carbocycles. The molecule has 1 aromatic carbocycles. The zero-order valence-electron chi connectivity index (χ0n) is 12.5. The average molecular weight is 294 g/mol. The Labute approximate surface area is 124 Å². The molecule has 0 unspecified atom stereocenters. The summed E-state index contributed by atoms with van der Waals surface area (Å²) in [6, 6.07) is 8.82. The third-order valence-electron chi connectivity index (χ3n) is 3.03. The second-order valence-corrected chi connectivity index (χ2v) is 4.73. The van der Waals surface area contributed by atoms with Gasteiger partial charge in [-0.15, -0.1) is 0 Å². The smallest absolute Gasteiger partial charge is 0.409 e. The fourth-order valence-electron chi connectivity index (χ4n) is 1.74. The second-order valence-electron chi connectivity index (χ2n) is 4.73. The molecule has 1 aromatic rings. The normalized spacial score (nSPS) is 11.6. The molecule has 1 amide bonds. The molecular formula is C15H22N2O4. The van der Waals surface area contributed by atoms with Gasteiger partial charge in [-0.3, -0.25) is 4.79 Å². The lowest BCUT2D eigenvalue weighted by Crippen LogP contribution is -2.34. The predicted molar refractivity (Wildman–Crippen MR) is 78.5 cm³/mol. The average Bonchev–Trinajstić information content (AvgIpc) is 2.52. The molecule has 116 valence electrons. The number of benzene rings is 1. The highest BCUT2D eigenvalue weighted by atomic mass is 16.6. The third-order valence-corrected chi connectivity index (χ3v) is 3.03. The fourth-order valence-corrected chi connectivity index (χ4v) is 1.74. The van der Waals surface area contributed by atoms with Crippen LogP contribution in [0.1, 0.15) is 18.4 Å². The molecule has 0 fully saturated rings. The van der Waals surface area contributed by atoms with Crippen LogP contribution in [0.25, 0.3) is 0 Å². The SMILES string of the molecule is COC(=O)[C@@H](N)CCCN(C)C(=O)OCc1ccccc1. The van der Waals surface area contributed by atoms with Crippen LogP contribution in [0.3, 0.4) is 0 Å². The molecule has 2 N–H and O–H groups in total. The number of esters is 1. The van der Waals surface area contributed by atoms with Crippen molar-refractivity contribution in [1.29, 1.82) is 0 Å². The Morgan fingerprint density at radius 2 is 1.95 bits per heavy atom. The standard InChI is InChI=1S/C15H22N2O4/c1-17(10-6-9-13(16)14(18)20-2)15(19)21-11-12-7-4-3-5-8-12/h3-5,7-8,13H,6,9-11,16H2,1-2H3/t13-/m0/s1. The molecule has 1 atom stereocenters. The monoisotopic (exact) mass is 294 g/mol. The van der Waals surface area contributed by atoms with Gasteiger partial charge in [0.25, 0.3) is 0 Å². The van der Waals surface area contributed by atoms with Crippen molar-refractivity contribution < 1.29 is 19.1 Å². The maximum Gasteiger partial charge on any atom is 0.409 e. The minimum Gasteiger partial charge on any atom is -0.468 e. The Morgan fingerprint density at radius 3 is 2.57 bits per heavy atom. The van der Waals surface area contributed by atoms with Crippen molar-refractivity contribution in [2.24, 2.45) is 5.73 Å². The minimum absolute atomic E-state index is 0.242. The summed E-state index contributed by atoms with van der Waals surface area (Å²) in [5.41, 5.74) is 6.55. The van der Waals surface area contributed by atoms with Gasteiger partial charge in [0.15, 0.2) is 0 Å². The number of amides is 1. The van der Waals surface area contributed by atoms with Crippen LogP contribution in [-0.4, -0.2) is 43.7 Å². The highest BCUT2D eigenvalue weighted by Crippen LogP contribution is 2.04. The van der Waals surface area contributed by atoms with Gasteiger partial charge < -0.3 is 20.1 Å². The van der Waals surface area contributed by atoms with E-state index in [4.69, 9.17) is 10.5 Å². The molecule has 21 heavy (non-hydrogen) atoms. The number of carbonyl (C=O) groups excluding carboxylic acids is 2. The van der Waals surface area contributed by atoms with Crippen molar-refractivity contribution in [1.82, 2.24) is 4.90 Å². The van der Waals surface area contributed by atoms with Crippen molar-refractivity contribution in [3.8, 4) is 0 Å². The predicted octanol–water partition coefficient (Wildman–Crippen LogP) is 1.54. The lowest BCUT2D eigenvalue weighted by molar-refractivity contribution is -0.142. The summed E-state index contributed by atoms with van der Waals surface area (Å²) in [6.07, 6.45) is 0.668. The molecule has 1 rings (SSSR count). The van der Waals surface area contributed by atoms with Crippen molar-refractivity contribution in [3.63, 3.8) is 0 Å². The van der Waals surface area contributed by atoms with E-state index in [1.54, 1.807) is 7.05 Å². The second kappa shape index (κ2) is 8.97. The molecule has 0 aliphatic rings. The van der Waals surface area contributed by atoms with E-state index in [0.29, 0.717) is 19.4 Å². The third kappa shape index (κ3) is 6.27. The topological polar surface area (TPSA) is 81.9 Å². The maximum atomic E-state index is 11.8. The highest BCUT2D eigenvalue weighted by Gasteiger charge is 2.15. The summed E-state index contributed by atoms with van der Waals surface area (Å²) < 4.78 is 9.72. The molecule has 0 bridgehead atoms. The summed E-state index contributed by atoms with van der Waals surface area (Å²) >= 11 is 0. The summed E-state index contributed by atoms with van der Waals surface area (Å²) in [6.45, 7) is 0.712. The number of nitrogens with zero attached hydrogens (tertiary/aromatic N) is 1. The van der Waals surface area contributed by atoms with Gasteiger partial charge in [0.05, 0.1) is 7.11 Å². The van der Waals surface area contributed by atoms with Crippen molar-refractivity contribution >= 4 is 12.1 Å². The lowest BCUT2D eigenvalue weighted by Gasteiger charge is -2.17. The van der Waals surface area contributed by atoms with E-state index < -0.39 is 18.1 Å². The maximum absolute atomic E-state index is 11.8. The van der Waals surface area contributed by atoms with Crippen LogP contribution in [0.15, 0.2) is 30.3 Å². The van der Waals surface area contributed by atoms with Crippen LogP contribution in [0.4, 0.5) is 4.79 Å². The largest absolute Gasteiger partial charge is 0.468 e. The molecule has 0 saturated heterocycles. The number of hydrogen-bond acceptors (Lipinski definition) is 5. The van der Waals surface area contributed by atoms with Gasteiger partial charge in [-0.25, -0.2) is 4.79 Å². The van der Waals surface area contributed by atoms with Crippen LogP contribution >= 0.6 is 0 Å². The van der Waals surface area contributed by atoms with E-state index in [2.05, 4.69) is 4.74 Å². The zero-order chi connectivity index (χ0) is 15.7. The van der Waals surface area contributed by atoms with E-state index in [1.165, 1.54) is 12.0 Å². The molecule has 6 nitrogen and oxygen atoms in total. The summed E-state index contributed by atoms with van der Waals surface area (Å²) in [5, 5.41) is 0. The lowest BCUT2D eigenvalue weighted by atomic mass is 10.1. The van der Waals surface area contributed by atoms with Gasteiger partial charge >= 0.3 is 12.1 Å². The quantitative estimate of drug-likeness (QED) is 0.771. The van der Waals surface area contributed by atoms with E-state index in [1.807, 2.05) is 30.3 Å². The fraction of sp³-hybridized carbons (Fsp3) is 0.467. The Kier molecular flexibility index (Phi) is 7.25. The first kappa shape index (κ1) is 17.0. The number of methoxy groups -OCH3 is 1. The minimum atomic E-state index is -0.649. The molecular weight excluding hydrogens is 272 g/mol. The van der Waals surface area contributed by atoms with Gasteiger partial charge in [0, 0.05) is 13.6 Å². The summed E-state index contributed by atoms with van der Waals surface area (Å²) in [4.78, 5) is 24.4. The van der Waals surface area contributed by atoms with E-state index in [9.17, 15) is 9.59 Å². The van der Waals surface area contributed by atoms with Gasteiger partial charge in [-0.05, 0) is 18.4 Å². The summed E-state index contributed by atoms with van der Waals surface area (Å²) in [5.74, 6) is -0.440. The Bertz CT molecular complexity index is 450. The van der Waals surface area contributed by atoms with Crippen LogP contribution < -0.4 is 5.73 Å². The number of carbonyl (C=O) groups is 2. The molecule has 0 spiro atoms. The summed E-state index contributed by atoms with van der Waals surface area (Å²) in [7, 11) is 2.95. The van der Waals surface area contributed by atoms with E-state index in [0.717, 1.165) is 5.56 Å². The van der Waals surface area contributed by atoms with Crippen LogP contribution in [0.2, 0.25) is 0 Å². The van der Waals surface area contributed by atoms with E-state index >= 15 is 0 Å². The molecule has 0 aromatic heterocycles. The van der Waals surface area contributed by atoms with Gasteiger partial charge in [-0.1, -0.05) is 30.3 Å². The highest BCUT2D eigenvalue weighted by molar-refractivity contribution is 5.75. The van der Waals surface area contributed by atoms with Gasteiger partial charge in [0.2, 0.25) is 0 Å². The van der Waals surface area contributed by atoms with Crippen LogP contribution in [-0.2, 0) is 20.9 Å². The first-order valence-corrected chi connectivity index (χ1v) is 6.79. The molecule has 6 heteroatoms. The number of rotatable bonds is 7. The number of ether oxygens (including phenoxy) is 2. The van der Waals surface area contributed by atoms with Crippen LogP contribution in [0, 0.1) is 0 Å². The first-order valence-electron chi connectivity index (χ1n) is 6.79. The van der Waals surface area contributed by atoms with Crippen LogP contribution in [0.5, 0.6) is 0 Å². The number of hydrogen-bond donors (Lipinski definition) is 1.